The minimum atomic E-state index is -0.896. The number of allylic oxidation sites excluding steroid dienone is 4. The van der Waals surface area contributed by atoms with Gasteiger partial charge in [0.05, 0.1) is 0 Å². The molecule has 0 unspecified atom stereocenters. The molecule has 0 saturated heterocycles. The topological polar surface area (TPSA) is 37.3 Å². The predicted molar refractivity (Wildman–Crippen MR) is 59.2 cm³/mol. The Hall–Kier alpha value is -1.31. The zero-order chi connectivity index (χ0) is 10.8. The highest BCUT2D eigenvalue weighted by molar-refractivity contribution is 5.85. The average molecular weight is 194 g/mol. The maximum Gasteiger partial charge on any atom is 0.330 e. The maximum atomic E-state index is 10.4. The molecule has 0 atom stereocenters. The molecule has 0 rings (SSSR count). The summed E-state index contributed by atoms with van der Waals surface area (Å²) in [5.74, 6) is -0.896. The third-order valence-corrected chi connectivity index (χ3v) is 1.82. The molecule has 2 heteroatoms. The fraction of sp³-hybridized carbons (Fsp3) is 0.417. The highest BCUT2D eigenvalue weighted by Crippen LogP contribution is 2.03. The van der Waals surface area contributed by atoms with Gasteiger partial charge >= 0.3 is 5.97 Å². The zero-order valence-corrected chi connectivity index (χ0v) is 8.70. The molecule has 0 aliphatic heterocycles. The molecule has 0 aliphatic carbocycles. The molecule has 0 aliphatic rings. The van der Waals surface area contributed by atoms with Crippen molar-refractivity contribution >= 4 is 5.97 Å². The van der Waals surface area contributed by atoms with Crippen LogP contribution in [0.5, 0.6) is 0 Å². The second-order valence-corrected chi connectivity index (χ2v) is 3.07. The Morgan fingerprint density at radius 3 is 2.36 bits per heavy atom. The molecule has 0 radical (unpaired) electrons. The minimum Gasteiger partial charge on any atom is -0.478 e. The molecule has 1 N–H and O–H groups in total. The van der Waals surface area contributed by atoms with E-state index in [4.69, 9.17) is 5.11 Å². The number of carbonyl (C=O) groups is 1. The second kappa shape index (κ2) is 8.30. The second-order valence-electron chi connectivity index (χ2n) is 3.07. The molecule has 0 fully saturated rings. The maximum absolute atomic E-state index is 10.4. The molecular weight excluding hydrogens is 176 g/mol. The van der Waals surface area contributed by atoms with Crippen molar-refractivity contribution in [1.29, 1.82) is 0 Å². The lowest BCUT2D eigenvalue weighted by atomic mass is 10.1. The summed E-state index contributed by atoms with van der Waals surface area (Å²) in [6.07, 6.45) is 11.6. The first kappa shape index (κ1) is 12.7. The lowest BCUT2D eigenvalue weighted by Gasteiger charge is -1.94. The highest BCUT2D eigenvalue weighted by Gasteiger charge is 2.00. The largest absolute Gasteiger partial charge is 0.478 e. The van der Waals surface area contributed by atoms with Crippen LogP contribution in [-0.2, 0) is 4.79 Å². The molecular formula is C12H18O2. The van der Waals surface area contributed by atoms with Crippen molar-refractivity contribution in [1.82, 2.24) is 0 Å². The van der Waals surface area contributed by atoms with E-state index in [0.29, 0.717) is 6.42 Å². The molecule has 0 aromatic heterocycles. The van der Waals surface area contributed by atoms with Crippen LogP contribution < -0.4 is 0 Å². The SMILES string of the molecule is C=C(CCC=CCCC=CC)C(=O)O. The Bertz CT molecular complexity index is 237. The molecule has 14 heavy (non-hydrogen) atoms. The molecule has 0 spiro atoms. The lowest BCUT2D eigenvalue weighted by molar-refractivity contribution is -0.132. The molecule has 0 bridgehead atoms. The molecule has 2 nitrogen and oxygen atoms in total. The van der Waals surface area contributed by atoms with E-state index in [1.807, 2.05) is 19.1 Å². The Balaban J connectivity index is 3.44. The molecule has 0 saturated carbocycles. The van der Waals surface area contributed by atoms with Crippen molar-refractivity contribution < 1.29 is 9.90 Å². The zero-order valence-electron chi connectivity index (χ0n) is 8.70. The van der Waals surface area contributed by atoms with Gasteiger partial charge in [0.1, 0.15) is 0 Å². The van der Waals surface area contributed by atoms with Gasteiger partial charge in [0.2, 0.25) is 0 Å². The van der Waals surface area contributed by atoms with E-state index in [0.717, 1.165) is 19.3 Å². The van der Waals surface area contributed by atoms with E-state index < -0.39 is 5.97 Å². The van der Waals surface area contributed by atoms with Crippen molar-refractivity contribution in [2.45, 2.75) is 32.6 Å². The van der Waals surface area contributed by atoms with Crippen LogP contribution in [-0.4, -0.2) is 11.1 Å². The number of aliphatic carboxylic acids is 1. The fourth-order valence-electron chi connectivity index (χ4n) is 0.959. The van der Waals surface area contributed by atoms with E-state index in [2.05, 4.69) is 18.7 Å². The highest BCUT2D eigenvalue weighted by atomic mass is 16.4. The number of hydrogen-bond acceptors (Lipinski definition) is 1. The molecule has 0 aromatic rings. The molecule has 78 valence electrons. The van der Waals surface area contributed by atoms with Crippen molar-refractivity contribution in [3.63, 3.8) is 0 Å². The number of carboxylic acid groups (broad SMARTS) is 1. The van der Waals surface area contributed by atoms with Crippen LogP contribution in [0.2, 0.25) is 0 Å². The summed E-state index contributed by atoms with van der Waals surface area (Å²) in [6, 6.07) is 0. The van der Waals surface area contributed by atoms with Gasteiger partial charge in [-0.3, -0.25) is 0 Å². The van der Waals surface area contributed by atoms with E-state index in [-0.39, 0.29) is 5.57 Å². The van der Waals surface area contributed by atoms with E-state index in [1.54, 1.807) is 0 Å². The van der Waals surface area contributed by atoms with Gasteiger partial charge in [-0.25, -0.2) is 4.79 Å². The van der Waals surface area contributed by atoms with Gasteiger partial charge in [0, 0.05) is 5.57 Å². The van der Waals surface area contributed by atoms with Crippen LogP contribution in [0.25, 0.3) is 0 Å². The van der Waals surface area contributed by atoms with Crippen LogP contribution in [0, 0.1) is 0 Å². The van der Waals surface area contributed by atoms with Gasteiger partial charge in [0.25, 0.3) is 0 Å². The summed E-state index contributed by atoms with van der Waals surface area (Å²) in [5, 5.41) is 8.52. The van der Waals surface area contributed by atoms with Crippen LogP contribution in [0.3, 0.4) is 0 Å². The van der Waals surface area contributed by atoms with Crippen molar-refractivity contribution in [3.05, 3.63) is 36.5 Å². The number of rotatable bonds is 7. The molecule has 0 aromatic carbocycles. The average Bonchev–Trinajstić information content (AvgIpc) is 2.16. The predicted octanol–water partition coefficient (Wildman–Crippen LogP) is 3.32. The normalized spacial score (nSPS) is 11.2. The number of hydrogen-bond donors (Lipinski definition) is 1. The van der Waals surface area contributed by atoms with E-state index >= 15 is 0 Å². The summed E-state index contributed by atoms with van der Waals surface area (Å²) in [7, 11) is 0. The fourth-order valence-corrected chi connectivity index (χ4v) is 0.959. The Morgan fingerprint density at radius 1 is 1.21 bits per heavy atom. The monoisotopic (exact) mass is 194 g/mol. The van der Waals surface area contributed by atoms with Gasteiger partial charge in [-0.15, -0.1) is 0 Å². The number of unbranched alkanes of at least 4 members (excludes halogenated alkanes) is 1. The molecule has 0 amide bonds. The molecule has 0 heterocycles. The van der Waals surface area contributed by atoms with Gasteiger partial charge in [-0.1, -0.05) is 30.9 Å². The summed E-state index contributed by atoms with van der Waals surface area (Å²) in [4.78, 5) is 10.4. The summed E-state index contributed by atoms with van der Waals surface area (Å²) in [6.45, 7) is 5.46. The Morgan fingerprint density at radius 2 is 1.79 bits per heavy atom. The van der Waals surface area contributed by atoms with Crippen LogP contribution >= 0.6 is 0 Å². The van der Waals surface area contributed by atoms with E-state index in [9.17, 15) is 4.79 Å². The Labute approximate surface area is 85.6 Å². The van der Waals surface area contributed by atoms with Gasteiger partial charge in [-0.05, 0) is 32.6 Å². The minimum absolute atomic E-state index is 0.281. The lowest BCUT2D eigenvalue weighted by Crippen LogP contribution is -1.97. The first-order chi connectivity index (χ1) is 6.68. The smallest absolute Gasteiger partial charge is 0.330 e. The summed E-state index contributed by atoms with van der Waals surface area (Å²) >= 11 is 0. The van der Waals surface area contributed by atoms with E-state index in [1.165, 1.54) is 0 Å². The van der Waals surface area contributed by atoms with Gasteiger partial charge in [-0.2, -0.15) is 0 Å². The van der Waals surface area contributed by atoms with Crippen molar-refractivity contribution in [2.24, 2.45) is 0 Å². The third-order valence-electron chi connectivity index (χ3n) is 1.82. The number of carboxylic acids is 1. The van der Waals surface area contributed by atoms with Crippen LogP contribution in [0.4, 0.5) is 0 Å². The van der Waals surface area contributed by atoms with Crippen LogP contribution in [0.1, 0.15) is 32.6 Å². The first-order valence-electron chi connectivity index (χ1n) is 4.85. The van der Waals surface area contributed by atoms with Crippen LogP contribution in [0.15, 0.2) is 36.5 Å². The van der Waals surface area contributed by atoms with Crippen molar-refractivity contribution in [3.8, 4) is 0 Å². The quantitative estimate of drug-likeness (QED) is 0.383. The summed E-state index contributed by atoms with van der Waals surface area (Å²) < 4.78 is 0. The van der Waals surface area contributed by atoms with Crippen molar-refractivity contribution in [2.75, 3.05) is 0 Å². The summed E-state index contributed by atoms with van der Waals surface area (Å²) in [5.41, 5.74) is 0.281. The van der Waals surface area contributed by atoms with Gasteiger partial charge in [0.15, 0.2) is 0 Å². The Kier molecular flexibility index (Phi) is 7.52. The third kappa shape index (κ3) is 7.35. The standard InChI is InChI=1S/C12H18O2/c1-3-4-5-6-7-8-9-10-11(2)12(13)14/h3-4,7-8H,2,5-6,9-10H2,1H3,(H,13,14). The van der Waals surface area contributed by atoms with Gasteiger partial charge < -0.3 is 5.11 Å². The first-order valence-corrected chi connectivity index (χ1v) is 4.85.